The van der Waals surface area contributed by atoms with E-state index in [1.165, 1.54) is 6.33 Å². The molecule has 1 aromatic heterocycles. The summed E-state index contributed by atoms with van der Waals surface area (Å²) in [4.78, 5) is 7.70. The van der Waals surface area contributed by atoms with Crippen molar-refractivity contribution >= 4 is 23.1 Å². The molecule has 1 aromatic rings. The van der Waals surface area contributed by atoms with Crippen molar-refractivity contribution in [1.82, 2.24) is 9.97 Å². The Morgan fingerprint density at radius 2 is 2.43 bits per heavy atom. The number of aromatic nitrogens is 2. The lowest BCUT2D eigenvalue weighted by Gasteiger charge is -2.13. The number of anilines is 2. The van der Waals surface area contributed by atoms with E-state index < -0.39 is 0 Å². The van der Waals surface area contributed by atoms with Gasteiger partial charge in [-0.15, -0.1) is 12.3 Å². The molecule has 0 spiro atoms. The van der Waals surface area contributed by atoms with Gasteiger partial charge in [-0.2, -0.15) is 0 Å². The molecule has 4 nitrogen and oxygen atoms in total. The summed E-state index contributed by atoms with van der Waals surface area (Å²) >= 11 is 5.72. The van der Waals surface area contributed by atoms with Crippen LogP contribution in [0.1, 0.15) is 13.3 Å². The molecule has 1 atom stereocenters. The van der Waals surface area contributed by atoms with Crippen molar-refractivity contribution in [2.75, 3.05) is 11.1 Å². The first kappa shape index (κ1) is 10.6. The van der Waals surface area contributed by atoms with Gasteiger partial charge in [0.25, 0.3) is 0 Å². The van der Waals surface area contributed by atoms with Crippen LogP contribution in [0.3, 0.4) is 0 Å². The van der Waals surface area contributed by atoms with E-state index in [4.69, 9.17) is 23.8 Å². The number of halogens is 1. The number of nitrogens with one attached hydrogen (secondary N) is 1. The summed E-state index contributed by atoms with van der Waals surface area (Å²) in [5, 5.41) is 3.29. The van der Waals surface area contributed by atoms with Crippen molar-refractivity contribution in [3.05, 3.63) is 11.5 Å². The van der Waals surface area contributed by atoms with Gasteiger partial charge in [0.15, 0.2) is 11.0 Å². The number of terminal acetylenes is 1. The van der Waals surface area contributed by atoms with Gasteiger partial charge in [0.1, 0.15) is 12.0 Å². The van der Waals surface area contributed by atoms with Crippen LogP contribution in [0.25, 0.3) is 0 Å². The minimum Gasteiger partial charge on any atom is -0.393 e. The highest BCUT2D eigenvalue weighted by atomic mass is 35.5. The molecule has 0 aliphatic heterocycles. The van der Waals surface area contributed by atoms with E-state index >= 15 is 0 Å². The van der Waals surface area contributed by atoms with Gasteiger partial charge in [-0.05, 0) is 6.92 Å². The van der Waals surface area contributed by atoms with Crippen LogP contribution in [0.15, 0.2) is 6.33 Å². The van der Waals surface area contributed by atoms with Crippen molar-refractivity contribution in [1.29, 1.82) is 0 Å². The second kappa shape index (κ2) is 4.68. The summed E-state index contributed by atoms with van der Waals surface area (Å²) in [5.41, 5.74) is 6.00. The summed E-state index contributed by atoms with van der Waals surface area (Å²) in [5.74, 6) is 3.06. The molecular formula is C9H11ClN4. The first-order valence-electron chi connectivity index (χ1n) is 4.11. The van der Waals surface area contributed by atoms with Gasteiger partial charge in [0.2, 0.25) is 0 Å². The molecule has 3 N–H and O–H groups in total. The normalized spacial score (nSPS) is 11.8. The summed E-state index contributed by atoms with van der Waals surface area (Å²) in [7, 11) is 0. The average molecular weight is 211 g/mol. The summed E-state index contributed by atoms with van der Waals surface area (Å²) in [6, 6.07) is 0.105. The van der Waals surface area contributed by atoms with Crippen molar-refractivity contribution in [2.24, 2.45) is 0 Å². The minimum absolute atomic E-state index is 0.105. The quantitative estimate of drug-likeness (QED) is 0.587. The predicted octanol–water partition coefficient (Wildman–Crippen LogP) is 1.54. The number of nitrogens with zero attached hydrogens (tertiary/aromatic N) is 2. The van der Waals surface area contributed by atoms with Gasteiger partial charge >= 0.3 is 0 Å². The van der Waals surface area contributed by atoms with Crippen LogP contribution in [0.4, 0.5) is 11.5 Å². The third-order valence-electron chi connectivity index (χ3n) is 1.64. The van der Waals surface area contributed by atoms with E-state index in [2.05, 4.69) is 21.2 Å². The minimum atomic E-state index is 0.105. The van der Waals surface area contributed by atoms with E-state index in [0.29, 0.717) is 17.9 Å². The third-order valence-corrected chi connectivity index (χ3v) is 1.94. The van der Waals surface area contributed by atoms with Gasteiger partial charge in [-0.3, -0.25) is 0 Å². The molecular weight excluding hydrogens is 200 g/mol. The summed E-state index contributed by atoms with van der Waals surface area (Å²) < 4.78 is 0. The SMILES string of the molecule is C#CCC(C)Nc1ncnc(Cl)c1N. The molecule has 5 heteroatoms. The Kier molecular flexibility index (Phi) is 3.55. The predicted molar refractivity (Wildman–Crippen MR) is 58.0 cm³/mol. The Balaban J connectivity index is 2.77. The van der Waals surface area contributed by atoms with Crippen LogP contribution in [-0.4, -0.2) is 16.0 Å². The molecule has 0 saturated carbocycles. The zero-order chi connectivity index (χ0) is 10.6. The van der Waals surface area contributed by atoms with Gasteiger partial charge in [0, 0.05) is 12.5 Å². The molecule has 0 aliphatic rings. The topological polar surface area (TPSA) is 63.8 Å². The molecule has 0 bridgehead atoms. The zero-order valence-electron chi connectivity index (χ0n) is 7.79. The molecule has 0 fully saturated rings. The number of nitrogens with two attached hydrogens (primary N) is 1. The fourth-order valence-corrected chi connectivity index (χ4v) is 1.08. The van der Waals surface area contributed by atoms with Crippen LogP contribution in [0.2, 0.25) is 5.15 Å². The van der Waals surface area contributed by atoms with E-state index in [0.717, 1.165) is 0 Å². The van der Waals surface area contributed by atoms with E-state index in [1.807, 2.05) is 6.92 Å². The van der Waals surface area contributed by atoms with E-state index in [1.54, 1.807) is 0 Å². The molecule has 0 aromatic carbocycles. The Morgan fingerprint density at radius 1 is 1.71 bits per heavy atom. The first-order valence-corrected chi connectivity index (χ1v) is 4.49. The average Bonchev–Trinajstić information content (AvgIpc) is 2.13. The van der Waals surface area contributed by atoms with Crippen molar-refractivity contribution in [3.63, 3.8) is 0 Å². The Morgan fingerprint density at radius 3 is 3.07 bits per heavy atom. The second-order valence-electron chi connectivity index (χ2n) is 2.88. The highest BCUT2D eigenvalue weighted by Gasteiger charge is 2.07. The second-order valence-corrected chi connectivity index (χ2v) is 3.24. The lowest BCUT2D eigenvalue weighted by atomic mass is 10.2. The smallest absolute Gasteiger partial charge is 0.157 e. The van der Waals surface area contributed by atoms with Gasteiger partial charge in [-0.25, -0.2) is 9.97 Å². The molecule has 0 amide bonds. The summed E-state index contributed by atoms with van der Waals surface area (Å²) in [6.07, 6.45) is 7.12. The molecule has 1 unspecified atom stereocenters. The summed E-state index contributed by atoms with van der Waals surface area (Å²) in [6.45, 7) is 1.94. The molecule has 0 radical (unpaired) electrons. The van der Waals surface area contributed by atoms with Gasteiger partial charge < -0.3 is 11.1 Å². The van der Waals surface area contributed by atoms with Crippen LogP contribution >= 0.6 is 11.6 Å². The molecule has 0 aliphatic carbocycles. The highest BCUT2D eigenvalue weighted by molar-refractivity contribution is 6.32. The highest BCUT2D eigenvalue weighted by Crippen LogP contribution is 2.22. The largest absolute Gasteiger partial charge is 0.393 e. The van der Waals surface area contributed by atoms with Crippen LogP contribution < -0.4 is 11.1 Å². The molecule has 74 valence electrons. The number of rotatable bonds is 3. The maximum absolute atomic E-state index is 5.72. The van der Waals surface area contributed by atoms with Gasteiger partial charge in [-0.1, -0.05) is 11.6 Å². The molecule has 14 heavy (non-hydrogen) atoms. The van der Waals surface area contributed by atoms with Crippen LogP contribution in [0.5, 0.6) is 0 Å². The number of hydrogen-bond acceptors (Lipinski definition) is 4. The first-order chi connectivity index (χ1) is 6.65. The standard InChI is InChI=1S/C9H11ClN4/c1-3-4-6(2)14-9-7(11)8(10)12-5-13-9/h1,5-6H,4,11H2,2H3,(H,12,13,14). The van der Waals surface area contributed by atoms with Crippen molar-refractivity contribution in [2.45, 2.75) is 19.4 Å². The maximum Gasteiger partial charge on any atom is 0.157 e. The lowest BCUT2D eigenvalue weighted by Crippen LogP contribution is -2.16. The molecule has 0 saturated heterocycles. The fraction of sp³-hybridized carbons (Fsp3) is 0.333. The Labute approximate surface area is 87.9 Å². The Bertz CT molecular complexity index is 358. The Hall–Kier alpha value is -1.47. The monoisotopic (exact) mass is 210 g/mol. The van der Waals surface area contributed by atoms with Crippen molar-refractivity contribution < 1.29 is 0 Å². The van der Waals surface area contributed by atoms with Crippen molar-refractivity contribution in [3.8, 4) is 12.3 Å². The van der Waals surface area contributed by atoms with E-state index in [9.17, 15) is 0 Å². The zero-order valence-corrected chi connectivity index (χ0v) is 8.54. The molecule has 1 heterocycles. The fourth-order valence-electron chi connectivity index (χ4n) is 0.950. The maximum atomic E-state index is 5.72. The molecule has 1 rings (SSSR count). The number of nitrogen functional groups attached to an aromatic ring is 1. The van der Waals surface area contributed by atoms with Crippen LogP contribution in [-0.2, 0) is 0 Å². The third kappa shape index (κ3) is 2.51. The van der Waals surface area contributed by atoms with Crippen LogP contribution in [0, 0.1) is 12.3 Å². The van der Waals surface area contributed by atoms with E-state index in [-0.39, 0.29) is 11.2 Å². The lowest BCUT2D eigenvalue weighted by molar-refractivity contribution is 0.821. The van der Waals surface area contributed by atoms with Gasteiger partial charge in [0.05, 0.1) is 0 Å². The number of hydrogen-bond donors (Lipinski definition) is 2.